The first kappa shape index (κ1) is 15.1. The van der Waals surface area contributed by atoms with Gasteiger partial charge < -0.3 is 9.84 Å². The summed E-state index contributed by atoms with van der Waals surface area (Å²) >= 11 is 0. The zero-order valence-corrected chi connectivity index (χ0v) is 10.8. The number of rotatable bonds is 6. The molecule has 0 spiro atoms. The second-order valence-electron chi connectivity index (χ2n) is 4.52. The summed E-state index contributed by atoms with van der Waals surface area (Å²) in [6.07, 6.45) is 2.62. The van der Waals surface area contributed by atoms with E-state index in [0.29, 0.717) is 12.3 Å². The van der Waals surface area contributed by atoms with Crippen molar-refractivity contribution in [1.82, 2.24) is 0 Å². The summed E-state index contributed by atoms with van der Waals surface area (Å²) in [7, 11) is 0. The van der Waals surface area contributed by atoms with Crippen LogP contribution in [0.15, 0.2) is 18.2 Å². The topological polar surface area (TPSA) is 46.5 Å². The zero-order valence-electron chi connectivity index (χ0n) is 10.8. The van der Waals surface area contributed by atoms with E-state index in [4.69, 9.17) is 9.84 Å². The van der Waals surface area contributed by atoms with Gasteiger partial charge in [0.2, 0.25) is 0 Å². The Morgan fingerprint density at radius 2 is 1.95 bits per heavy atom. The fourth-order valence-electron chi connectivity index (χ4n) is 1.38. The van der Waals surface area contributed by atoms with Gasteiger partial charge in [0, 0.05) is 6.08 Å². The van der Waals surface area contributed by atoms with Crippen molar-refractivity contribution in [2.75, 3.05) is 6.61 Å². The highest BCUT2D eigenvalue weighted by atomic mass is 19.1. The van der Waals surface area contributed by atoms with Gasteiger partial charge in [0.25, 0.3) is 0 Å². The van der Waals surface area contributed by atoms with Crippen LogP contribution in [0.5, 0.6) is 5.75 Å². The molecule has 0 saturated heterocycles. The van der Waals surface area contributed by atoms with Gasteiger partial charge >= 0.3 is 5.97 Å². The van der Waals surface area contributed by atoms with Crippen LogP contribution in [0.1, 0.15) is 25.8 Å². The molecule has 1 N–H and O–H groups in total. The molecule has 0 aliphatic rings. The minimum absolute atomic E-state index is 0.133. The maximum atomic E-state index is 13.6. The Morgan fingerprint density at radius 3 is 2.42 bits per heavy atom. The van der Waals surface area contributed by atoms with E-state index < -0.39 is 23.4 Å². The third-order valence-electron chi connectivity index (χ3n) is 2.38. The van der Waals surface area contributed by atoms with E-state index in [0.717, 1.165) is 24.3 Å². The number of carboxylic acid groups (broad SMARTS) is 1. The first-order valence-corrected chi connectivity index (χ1v) is 5.93. The molecule has 1 aromatic rings. The summed E-state index contributed by atoms with van der Waals surface area (Å²) in [5.74, 6) is -2.90. The smallest absolute Gasteiger partial charge is 0.328 e. The maximum Gasteiger partial charge on any atom is 0.328 e. The van der Waals surface area contributed by atoms with E-state index in [1.807, 2.05) is 13.8 Å². The lowest BCUT2D eigenvalue weighted by molar-refractivity contribution is -0.131. The Morgan fingerprint density at radius 1 is 1.37 bits per heavy atom. The van der Waals surface area contributed by atoms with Gasteiger partial charge in [-0.05, 0) is 36.1 Å². The van der Waals surface area contributed by atoms with Gasteiger partial charge in [-0.3, -0.25) is 0 Å². The first-order valence-electron chi connectivity index (χ1n) is 5.93. The van der Waals surface area contributed by atoms with E-state index in [-0.39, 0.29) is 12.2 Å². The zero-order chi connectivity index (χ0) is 14.4. The molecule has 0 unspecified atom stereocenters. The molecule has 1 rings (SSSR count). The second-order valence-corrected chi connectivity index (χ2v) is 4.52. The van der Waals surface area contributed by atoms with Crippen LogP contribution in [-0.2, 0) is 4.79 Å². The number of aliphatic carboxylic acids is 1. The Bertz CT molecular complexity index is 459. The minimum atomic E-state index is -1.18. The molecule has 3 nitrogen and oxygen atoms in total. The maximum absolute atomic E-state index is 13.6. The third-order valence-corrected chi connectivity index (χ3v) is 2.38. The lowest BCUT2D eigenvalue weighted by Gasteiger charge is -2.10. The van der Waals surface area contributed by atoms with Crippen LogP contribution >= 0.6 is 0 Å². The molecule has 104 valence electrons. The number of benzene rings is 1. The molecule has 0 heterocycles. The van der Waals surface area contributed by atoms with Crippen LogP contribution in [-0.4, -0.2) is 17.7 Å². The van der Waals surface area contributed by atoms with Gasteiger partial charge in [0.05, 0.1) is 6.61 Å². The Balaban J connectivity index is 2.82. The average molecular weight is 270 g/mol. The molecule has 0 aliphatic carbocycles. The second kappa shape index (κ2) is 6.87. The monoisotopic (exact) mass is 270 g/mol. The van der Waals surface area contributed by atoms with Crippen LogP contribution in [0, 0.1) is 17.6 Å². The van der Waals surface area contributed by atoms with Crippen molar-refractivity contribution in [2.24, 2.45) is 5.92 Å². The van der Waals surface area contributed by atoms with Crippen molar-refractivity contribution in [3.63, 3.8) is 0 Å². The highest BCUT2D eigenvalue weighted by molar-refractivity contribution is 5.85. The number of hydrogen-bond donors (Lipinski definition) is 1. The number of ether oxygens (including phenoxy) is 1. The molecule has 0 aliphatic heterocycles. The van der Waals surface area contributed by atoms with E-state index in [2.05, 4.69) is 0 Å². The summed E-state index contributed by atoms with van der Waals surface area (Å²) < 4.78 is 32.3. The van der Waals surface area contributed by atoms with Gasteiger partial charge in [0.15, 0.2) is 17.4 Å². The van der Waals surface area contributed by atoms with Crippen LogP contribution in [0.3, 0.4) is 0 Å². The minimum Gasteiger partial charge on any atom is -0.488 e. The Labute approximate surface area is 110 Å². The average Bonchev–Trinajstić information content (AvgIpc) is 2.29. The van der Waals surface area contributed by atoms with Crippen LogP contribution in [0.2, 0.25) is 0 Å². The number of halogens is 2. The van der Waals surface area contributed by atoms with Gasteiger partial charge in [-0.15, -0.1) is 0 Å². The van der Waals surface area contributed by atoms with Gasteiger partial charge in [-0.25, -0.2) is 13.6 Å². The molecule has 0 atom stereocenters. The van der Waals surface area contributed by atoms with Crippen molar-refractivity contribution in [2.45, 2.75) is 20.3 Å². The summed E-state index contributed by atoms with van der Waals surface area (Å²) in [5, 5.41) is 8.44. The van der Waals surface area contributed by atoms with Gasteiger partial charge in [0.1, 0.15) is 0 Å². The quantitative estimate of drug-likeness (QED) is 0.805. The third kappa shape index (κ3) is 5.07. The van der Waals surface area contributed by atoms with E-state index >= 15 is 0 Å². The summed E-state index contributed by atoms with van der Waals surface area (Å²) in [5.41, 5.74) is 0.133. The fourth-order valence-corrected chi connectivity index (χ4v) is 1.38. The predicted octanol–water partition coefficient (Wildman–Crippen LogP) is 3.49. The number of hydrogen-bond acceptors (Lipinski definition) is 2. The van der Waals surface area contributed by atoms with Crippen LogP contribution < -0.4 is 4.74 Å². The Hall–Kier alpha value is -1.91. The van der Waals surface area contributed by atoms with Crippen molar-refractivity contribution < 1.29 is 23.4 Å². The standard InChI is InChI=1S/C14H16F2O3/c1-9(2)5-6-19-14-11(15)7-10(8-12(14)16)3-4-13(17)18/h3-4,7-9H,5-6H2,1-2H3,(H,17,18)/b4-3+. The normalized spacial score (nSPS) is 11.2. The van der Waals surface area contributed by atoms with E-state index in [1.165, 1.54) is 0 Å². The SMILES string of the molecule is CC(C)CCOc1c(F)cc(/C=C/C(=O)O)cc1F. The lowest BCUT2D eigenvalue weighted by atomic mass is 10.1. The van der Waals surface area contributed by atoms with Crippen molar-refractivity contribution in [3.05, 3.63) is 35.4 Å². The molecule has 0 saturated carbocycles. The molecular formula is C14H16F2O3. The van der Waals surface area contributed by atoms with Crippen molar-refractivity contribution in [3.8, 4) is 5.75 Å². The molecule has 0 radical (unpaired) electrons. The molecule has 0 amide bonds. The molecular weight excluding hydrogens is 254 g/mol. The molecule has 0 aromatic heterocycles. The highest BCUT2D eigenvalue weighted by Crippen LogP contribution is 2.24. The molecule has 5 heteroatoms. The summed E-state index contributed by atoms with van der Waals surface area (Å²) in [4.78, 5) is 10.3. The Kier molecular flexibility index (Phi) is 5.48. The first-order chi connectivity index (χ1) is 8.90. The summed E-state index contributed by atoms with van der Waals surface area (Å²) in [6, 6.07) is 2.07. The van der Waals surface area contributed by atoms with Crippen LogP contribution in [0.25, 0.3) is 6.08 Å². The lowest BCUT2D eigenvalue weighted by Crippen LogP contribution is -2.04. The molecule has 19 heavy (non-hydrogen) atoms. The van der Waals surface area contributed by atoms with Gasteiger partial charge in [-0.2, -0.15) is 0 Å². The highest BCUT2D eigenvalue weighted by Gasteiger charge is 2.12. The summed E-state index contributed by atoms with van der Waals surface area (Å²) in [6.45, 7) is 4.20. The van der Waals surface area contributed by atoms with E-state index in [9.17, 15) is 13.6 Å². The fraction of sp³-hybridized carbons (Fsp3) is 0.357. The number of carboxylic acids is 1. The largest absolute Gasteiger partial charge is 0.488 e. The van der Waals surface area contributed by atoms with Gasteiger partial charge in [-0.1, -0.05) is 13.8 Å². The van der Waals surface area contributed by atoms with Crippen molar-refractivity contribution >= 4 is 12.0 Å². The van der Waals surface area contributed by atoms with E-state index in [1.54, 1.807) is 0 Å². The molecule has 1 aromatic carbocycles. The molecule has 0 fully saturated rings. The predicted molar refractivity (Wildman–Crippen MR) is 68.0 cm³/mol. The van der Waals surface area contributed by atoms with Crippen LogP contribution in [0.4, 0.5) is 8.78 Å². The van der Waals surface area contributed by atoms with Crippen molar-refractivity contribution in [1.29, 1.82) is 0 Å². The molecule has 0 bridgehead atoms. The number of carbonyl (C=O) groups is 1.